The Morgan fingerprint density at radius 1 is 1.04 bits per heavy atom. The molecule has 0 aliphatic carbocycles. The van der Waals surface area contributed by atoms with Crippen molar-refractivity contribution in [1.82, 2.24) is 4.90 Å². The van der Waals surface area contributed by atoms with Gasteiger partial charge in [0.25, 0.3) is 0 Å². The Kier molecular flexibility index (Phi) is 5.04. The molecule has 1 aromatic rings. The van der Waals surface area contributed by atoms with E-state index in [-0.39, 0.29) is 12.0 Å². The summed E-state index contributed by atoms with van der Waals surface area (Å²) in [7, 11) is 0. The second kappa shape index (κ2) is 7.05. The van der Waals surface area contributed by atoms with Gasteiger partial charge in [-0.3, -0.25) is 9.69 Å². The van der Waals surface area contributed by atoms with Crippen LogP contribution < -0.4 is 4.90 Å². The number of anilines is 1. The number of likely N-dealkylation sites (tertiary alicyclic amines) is 1. The molecule has 1 spiro atoms. The van der Waals surface area contributed by atoms with Gasteiger partial charge in [-0.1, -0.05) is 0 Å². The van der Waals surface area contributed by atoms with Gasteiger partial charge in [-0.2, -0.15) is 0 Å². The van der Waals surface area contributed by atoms with Crippen molar-refractivity contribution in [3.8, 4) is 0 Å². The molecule has 1 aromatic carbocycles. The highest BCUT2D eigenvalue weighted by atomic mass is 19.1. The minimum absolute atomic E-state index is 0.121. The van der Waals surface area contributed by atoms with Gasteiger partial charge in [-0.25, -0.2) is 8.78 Å². The molecule has 4 nitrogen and oxygen atoms in total. The zero-order valence-corrected chi connectivity index (χ0v) is 13.8. The van der Waals surface area contributed by atoms with Crippen LogP contribution in [0.25, 0.3) is 0 Å². The van der Waals surface area contributed by atoms with Gasteiger partial charge in [0.1, 0.15) is 11.6 Å². The highest BCUT2D eigenvalue weighted by molar-refractivity contribution is 5.69. The van der Waals surface area contributed by atoms with E-state index in [1.165, 1.54) is 12.1 Å². The molecule has 2 aliphatic rings. The quantitative estimate of drug-likeness (QED) is 0.920. The second-order valence-electron chi connectivity index (χ2n) is 7.18. The zero-order valence-electron chi connectivity index (χ0n) is 13.8. The number of aliphatic carboxylic acids is 1. The number of nitrogens with zero attached hydrogens (tertiary/aromatic N) is 2. The van der Waals surface area contributed by atoms with Crippen LogP contribution in [0.15, 0.2) is 18.2 Å². The molecule has 0 saturated carbocycles. The van der Waals surface area contributed by atoms with Crippen molar-refractivity contribution in [2.75, 3.05) is 37.6 Å². The van der Waals surface area contributed by atoms with Crippen molar-refractivity contribution >= 4 is 11.7 Å². The van der Waals surface area contributed by atoms with Gasteiger partial charge in [0, 0.05) is 31.4 Å². The van der Waals surface area contributed by atoms with Gasteiger partial charge in [0.2, 0.25) is 0 Å². The Hall–Kier alpha value is -1.69. The summed E-state index contributed by atoms with van der Waals surface area (Å²) in [5.74, 6) is -1.84. The smallest absolute Gasteiger partial charge is 0.317 e. The Morgan fingerprint density at radius 2 is 1.67 bits per heavy atom. The third kappa shape index (κ3) is 4.04. The number of carboxylic acids is 1. The van der Waals surface area contributed by atoms with Crippen molar-refractivity contribution in [2.24, 2.45) is 5.41 Å². The van der Waals surface area contributed by atoms with Gasteiger partial charge in [0.05, 0.1) is 6.54 Å². The van der Waals surface area contributed by atoms with E-state index >= 15 is 0 Å². The Bertz CT molecular complexity index is 578. The fourth-order valence-electron chi connectivity index (χ4n) is 4.27. The highest BCUT2D eigenvalue weighted by Crippen LogP contribution is 2.41. The first-order valence-corrected chi connectivity index (χ1v) is 8.61. The molecule has 6 heteroatoms. The van der Waals surface area contributed by atoms with E-state index in [1.807, 2.05) is 4.90 Å². The third-order valence-electron chi connectivity index (χ3n) is 5.36. The van der Waals surface area contributed by atoms with Crippen LogP contribution >= 0.6 is 0 Å². The average Bonchev–Trinajstić information content (AvgIpc) is 2.85. The SMILES string of the molecule is O=C(O)CN1CCC2(CCCN(c3cc(F)cc(F)c3)CCC2)C1. The number of rotatable bonds is 3. The molecule has 2 saturated heterocycles. The van der Waals surface area contributed by atoms with Crippen LogP contribution in [0.1, 0.15) is 32.1 Å². The van der Waals surface area contributed by atoms with Crippen molar-refractivity contribution in [1.29, 1.82) is 0 Å². The summed E-state index contributed by atoms with van der Waals surface area (Å²) < 4.78 is 26.9. The van der Waals surface area contributed by atoms with Gasteiger partial charge in [-0.05, 0) is 56.2 Å². The third-order valence-corrected chi connectivity index (χ3v) is 5.36. The second-order valence-corrected chi connectivity index (χ2v) is 7.18. The highest BCUT2D eigenvalue weighted by Gasteiger charge is 2.38. The summed E-state index contributed by atoms with van der Waals surface area (Å²) in [4.78, 5) is 15.0. The molecule has 132 valence electrons. The molecule has 2 fully saturated rings. The van der Waals surface area contributed by atoms with Crippen molar-refractivity contribution in [2.45, 2.75) is 32.1 Å². The Balaban J connectivity index is 1.61. The number of hydrogen-bond acceptors (Lipinski definition) is 3. The summed E-state index contributed by atoms with van der Waals surface area (Å²) in [5, 5.41) is 8.96. The Labute approximate surface area is 141 Å². The van der Waals surface area contributed by atoms with Crippen LogP contribution in [-0.2, 0) is 4.79 Å². The average molecular weight is 338 g/mol. The maximum absolute atomic E-state index is 13.4. The van der Waals surface area contributed by atoms with Crippen LogP contribution in [-0.4, -0.2) is 48.7 Å². The molecule has 0 bridgehead atoms. The maximum Gasteiger partial charge on any atom is 0.317 e. The molecule has 0 unspecified atom stereocenters. The largest absolute Gasteiger partial charge is 0.480 e. The fourth-order valence-corrected chi connectivity index (χ4v) is 4.27. The van der Waals surface area contributed by atoms with E-state index in [2.05, 4.69) is 4.90 Å². The first kappa shape index (κ1) is 17.1. The van der Waals surface area contributed by atoms with Gasteiger partial charge in [-0.15, -0.1) is 0 Å². The van der Waals surface area contributed by atoms with E-state index in [9.17, 15) is 13.6 Å². The topological polar surface area (TPSA) is 43.8 Å². The summed E-state index contributed by atoms with van der Waals surface area (Å²) in [5.41, 5.74) is 0.830. The number of halogens is 2. The molecule has 3 rings (SSSR count). The molecular formula is C18H24F2N2O2. The predicted octanol–water partition coefficient (Wildman–Crippen LogP) is 3.12. The van der Waals surface area contributed by atoms with Crippen LogP contribution in [0.2, 0.25) is 0 Å². The molecule has 0 radical (unpaired) electrons. The van der Waals surface area contributed by atoms with E-state index < -0.39 is 17.6 Å². The lowest BCUT2D eigenvalue weighted by Crippen LogP contribution is -2.35. The number of hydrogen-bond donors (Lipinski definition) is 1. The van der Waals surface area contributed by atoms with Crippen molar-refractivity contribution < 1.29 is 18.7 Å². The van der Waals surface area contributed by atoms with Gasteiger partial charge < -0.3 is 10.0 Å². The summed E-state index contributed by atoms with van der Waals surface area (Å²) in [6.07, 6.45) is 5.04. The molecule has 2 aliphatic heterocycles. The first-order valence-electron chi connectivity index (χ1n) is 8.61. The fraction of sp³-hybridized carbons (Fsp3) is 0.611. The molecule has 0 amide bonds. The lowest BCUT2D eigenvalue weighted by molar-refractivity contribution is -0.138. The normalized spacial score (nSPS) is 21.7. The molecule has 0 atom stereocenters. The predicted molar refractivity (Wildman–Crippen MR) is 88.2 cm³/mol. The van der Waals surface area contributed by atoms with E-state index in [0.717, 1.165) is 64.3 Å². The molecular weight excluding hydrogens is 314 g/mol. The lowest BCUT2D eigenvalue weighted by atomic mass is 9.77. The lowest BCUT2D eigenvalue weighted by Gasteiger charge is -2.35. The maximum atomic E-state index is 13.4. The van der Waals surface area contributed by atoms with Crippen molar-refractivity contribution in [3.63, 3.8) is 0 Å². The molecule has 1 N–H and O–H groups in total. The minimum atomic E-state index is -0.766. The Morgan fingerprint density at radius 3 is 2.25 bits per heavy atom. The number of carboxylic acid groups (broad SMARTS) is 1. The van der Waals surface area contributed by atoms with Crippen LogP contribution in [0.5, 0.6) is 0 Å². The number of benzene rings is 1. The molecule has 2 heterocycles. The first-order chi connectivity index (χ1) is 11.5. The van der Waals surface area contributed by atoms with Gasteiger partial charge in [0.15, 0.2) is 0 Å². The van der Waals surface area contributed by atoms with Gasteiger partial charge >= 0.3 is 5.97 Å². The summed E-state index contributed by atoms with van der Waals surface area (Å²) in [6, 6.07) is 3.69. The van der Waals surface area contributed by atoms with E-state index in [1.54, 1.807) is 0 Å². The summed E-state index contributed by atoms with van der Waals surface area (Å²) >= 11 is 0. The standard InChI is InChI=1S/C18H24F2N2O2/c19-14-9-15(20)11-16(10-14)22-6-1-3-18(4-2-7-22)5-8-21(13-18)12-17(23)24/h9-11H,1-8,12-13H2,(H,23,24). The van der Waals surface area contributed by atoms with Crippen LogP contribution in [0.4, 0.5) is 14.5 Å². The van der Waals surface area contributed by atoms with E-state index in [0.29, 0.717) is 5.69 Å². The van der Waals surface area contributed by atoms with Crippen LogP contribution in [0, 0.1) is 17.0 Å². The minimum Gasteiger partial charge on any atom is -0.480 e. The molecule has 24 heavy (non-hydrogen) atoms. The van der Waals surface area contributed by atoms with E-state index in [4.69, 9.17) is 5.11 Å². The summed E-state index contributed by atoms with van der Waals surface area (Å²) in [6.45, 7) is 3.39. The van der Waals surface area contributed by atoms with Crippen LogP contribution in [0.3, 0.4) is 0 Å². The zero-order chi connectivity index (χ0) is 17.2. The number of carbonyl (C=O) groups is 1. The molecule has 0 aromatic heterocycles. The monoisotopic (exact) mass is 338 g/mol. The van der Waals surface area contributed by atoms with Crippen molar-refractivity contribution in [3.05, 3.63) is 29.8 Å².